The maximum atomic E-state index is 13.2. The fourth-order valence-corrected chi connectivity index (χ4v) is 4.79. The normalized spacial score (nSPS) is 11.4. The minimum absolute atomic E-state index is 0. The summed E-state index contributed by atoms with van der Waals surface area (Å²) in [7, 11) is 4.08. The second kappa shape index (κ2) is 10.6. The Hall–Kier alpha value is -1.99. The molecule has 4 rings (SSSR count). The van der Waals surface area contributed by atoms with Crippen molar-refractivity contribution in [2.24, 2.45) is 0 Å². The molecule has 0 saturated carbocycles. The second-order valence-electron chi connectivity index (χ2n) is 7.63. The molecule has 8 heteroatoms. The number of aromatic amines is 1. The number of thioether (sulfide) groups is 1. The summed E-state index contributed by atoms with van der Waals surface area (Å²) in [5.41, 5.74) is 3.12. The Balaban J connectivity index is 0.00000272. The van der Waals surface area contributed by atoms with Gasteiger partial charge in [0, 0.05) is 34.4 Å². The van der Waals surface area contributed by atoms with Crippen LogP contribution < -0.4 is 5.56 Å². The van der Waals surface area contributed by atoms with Crippen molar-refractivity contribution in [2.45, 2.75) is 24.5 Å². The van der Waals surface area contributed by atoms with Gasteiger partial charge in [0.25, 0.3) is 5.56 Å². The van der Waals surface area contributed by atoms with Crippen LogP contribution in [-0.4, -0.2) is 45.8 Å². The zero-order valence-electron chi connectivity index (χ0n) is 17.6. The molecule has 31 heavy (non-hydrogen) atoms. The van der Waals surface area contributed by atoms with E-state index in [1.807, 2.05) is 30.8 Å². The van der Waals surface area contributed by atoms with Gasteiger partial charge in [-0.25, -0.2) is 4.98 Å². The van der Waals surface area contributed by atoms with Crippen LogP contribution in [0.5, 0.6) is 0 Å². The van der Waals surface area contributed by atoms with Crippen molar-refractivity contribution in [3.05, 3.63) is 69.6 Å². The van der Waals surface area contributed by atoms with E-state index in [9.17, 15) is 4.79 Å². The van der Waals surface area contributed by atoms with Crippen molar-refractivity contribution in [3.8, 4) is 0 Å². The number of H-pyrrole nitrogens is 1. The third-order valence-corrected chi connectivity index (χ3v) is 6.36. The van der Waals surface area contributed by atoms with Crippen LogP contribution >= 0.6 is 35.8 Å². The fourth-order valence-electron chi connectivity index (χ4n) is 3.62. The Kier molecular flexibility index (Phi) is 8.06. The molecule has 0 aliphatic carbocycles. The molecule has 2 aromatic heterocycles. The lowest BCUT2D eigenvalue weighted by molar-refractivity contribution is 0.379. The van der Waals surface area contributed by atoms with Gasteiger partial charge in [0.15, 0.2) is 5.16 Å². The van der Waals surface area contributed by atoms with E-state index in [0.29, 0.717) is 22.5 Å². The van der Waals surface area contributed by atoms with Crippen LogP contribution in [-0.2, 0) is 13.0 Å². The highest BCUT2D eigenvalue weighted by Crippen LogP contribution is 2.24. The lowest BCUT2D eigenvalue weighted by Crippen LogP contribution is -2.25. The molecule has 0 unspecified atom stereocenters. The highest BCUT2D eigenvalue weighted by atomic mass is 35.5. The predicted octanol–water partition coefficient (Wildman–Crippen LogP) is 5.24. The number of rotatable bonds is 8. The van der Waals surface area contributed by atoms with Gasteiger partial charge >= 0.3 is 0 Å². The Morgan fingerprint density at radius 2 is 1.97 bits per heavy atom. The van der Waals surface area contributed by atoms with Crippen LogP contribution in [0, 0.1) is 0 Å². The Labute approximate surface area is 197 Å². The lowest BCUT2D eigenvalue weighted by Gasteiger charge is -2.15. The molecule has 2 aromatic carbocycles. The van der Waals surface area contributed by atoms with Crippen LogP contribution in [0.15, 0.2) is 58.6 Å². The van der Waals surface area contributed by atoms with Gasteiger partial charge in [-0.15, -0.1) is 12.4 Å². The minimum Gasteiger partial charge on any atom is -0.361 e. The first-order chi connectivity index (χ1) is 14.5. The van der Waals surface area contributed by atoms with Crippen LogP contribution in [0.25, 0.3) is 21.8 Å². The van der Waals surface area contributed by atoms with E-state index in [-0.39, 0.29) is 18.0 Å². The van der Waals surface area contributed by atoms with Crippen LogP contribution in [0.2, 0.25) is 5.02 Å². The summed E-state index contributed by atoms with van der Waals surface area (Å²) in [4.78, 5) is 23.4. The van der Waals surface area contributed by atoms with Crippen LogP contribution in [0.3, 0.4) is 0 Å². The monoisotopic (exact) mass is 476 g/mol. The topological polar surface area (TPSA) is 53.9 Å². The Morgan fingerprint density at radius 3 is 2.77 bits per heavy atom. The number of nitrogens with one attached hydrogen (secondary N) is 1. The lowest BCUT2D eigenvalue weighted by atomic mass is 10.1. The van der Waals surface area contributed by atoms with Gasteiger partial charge in [0.05, 0.1) is 10.9 Å². The van der Waals surface area contributed by atoms with Crippen molar-refractivity contribution >= 4 is 57.6 Å². The van der Waals surface area contributed by atoms with Gasteiger partial charge in [0.1, 0.15) is 0 Å². The van der Waals surface area contributed by atoms with Gasteiger partial charge < -0.3 is 9.88 Å². The second-order valence-corrected chi connectivity index (χ2v) is 9.13. The number of aryl methyl sites for hydroxylation is 1. The van der Waals surface area contributed by atoms with Crippen molar-refractivity contribution < 1.29 is 0 Å². The summed E-state index contributed by atoms with van der Waals surface area (Å²) in [5, 5.41) is 3.16. The first-order valence-corrected chi connectivity index (χ1v) is 11.4. The van der Waals surface area contributed by atoms with Crippen LogP contribution in [0.4, 0.5) is 0 Å². The highest BCUT2D eigenvalue weighted by molar-refractivity contribution is 7.99. The van der Waals surface area contributed by atoms with Gasteiger partial charge in [-0.05, 0) is 63.3 Å². The van der Waals surface area contributed by atoms with Gasteiger partial charge in [-0.2, -0.15) is 0 Å². The number of hydrogen-bond acceptors (Lipinski definition) is 4. The summed E-state index contributed by atoms with van der Waals surface area (Å²) in [6.45, 7) is 1.56. The first-order valence-electron chi connectivity index (χ1n) is 10.1. The summed E-state index contributed by atoms with van der Waals surface area (Å²) in [6, 6.07) is 13.7. The third-order valence-electron chi connectivity index (χ3n) is 5.15. The average Bonchev–Trinajstić information content (AvgIpc) is 3.14. The maximum absolute atomic E-state index is 13.2. The van der Waals surface area contributed by atoms with E-state index in [1.54, 1.807) is 23.9 Å². The van der Waals surface area contributed by atoms with Crippen molar-refractivity contribution in [1.82, 2.24) is 19.4 Å². The molecule has 164 valence electrons. The molecule has 0 atom stereocenters. The molecule has 0 aliphatic heterocycles. The molecule has 2 heterocycles. The average molecular weight is 477 g/mol. The number of hydrogen-bond donors (Lipinski definition) is 1. The molecule has 0 bridgehead atoms. The zero-order chi connectivity index (χ0) is 21.1. The molecular weight excluding hydrogens is 451 g/mol. The summed E-state index contributed by atoms with van der Waals surface area (Å²) in [5.74, 6) is 0.848. The van der Waals surface area contributed by atoms with E-state index in [0.717, 1.165) is 35.8 Å². The largest absolute Gasteiger partial charge is 0.361 e. The fraction of sp³-hybridized carbons (Fsp3) is 0.304. The highest BCUT2D eigenvalue weighted by Gasteiger charge is 2.13. The smallest absolute Gasteiger partial charge is 0.262 e. The third kappa shape index (κ3) is 5.44. The SMILES string of the molecule is CN(C)CCCn1c(SCCc2c[nH]c3ccccc23)nc2ccc(Cl)cc2c1=O.Cl. The summed E-state index contributed by atoms with van der Waals surface area (Å²) in [6.07, 6.45) is 3.86. The first kappa shape index (κ1) is 23.7. The number of fused-ring (bicyclic) bond motifs is 2. The van der Waals surface area contributed by atoms with Crippen molar-refractivity contribution in [2.75, 3.05) is 26.4 Å². The molecule has 5 nitrogen and oxygen atoms in total. The predicted molar refractivity (Wildman–Crippen MR) is 134 cm³/mol. The number of benzene rings is 2. The van der Waals surface area contributed by atoms with E-state index in [2.05, 4.69) is 34.3 Å². The molecule has 0 radical (unpaired) electrons. The molecule has 0 aliphatic rings. The van der Waals surface area contributed by atoms with E-state index >= 15 is 0 Å². The van der Waals surface area contributed by atoms with E-state index in [4.69, 9.17) is 16.6 Å². The molecule has 0 amide bonds. The molecular formula is C23H26Cl2N4OS. The quantitative estimate of drug-likeness (QED) is 0.279. The van der Waals surface area contributed by atoms with Crippen molar-refractivity contribution in [1.29, 1.82) is 0 Å². The van der Waals surface area contributed by atoms with Gasteiger partial charge in [-0.3, -0.25) is 9.36 Å². The number of halogens is 2. The zero-order valence-corrected chi connectivity index (χ0v) is 20.0. The molecule has 1 N–H and O–H groups in total. The van der Waals surface area contributed by atoms with Crippen LogP contribution in [0.1, 0.15) is 12.0 Å². The van der Waals surface area contributed by atoms with Gasteiger partial charge in [-0.1, -0.05) is 41.6 Å². The molecule has 4 aromatic rings. The van der Waals surface area contributed by atoms with E-state index < -0.39 is 0 Å². The molecule has 0 saturated heterocycles. The maximum Gasteiger partial charge on any atom is 0.262 e. The summed E-state index contributed by atoms with van der Waals surface area (Å²) >= 11 is 7.76. The number of nitrogens with zero attached hydrogens (tertiary/aromatic N) is 3. The minimum atomic E-state index is -0.0177. The molecule has 0 fully saturated rings. The number of aromatic nitrogens is 3. The van der Waals surface area contributed by atoms with E-state index in [1.165, 1.54) is 10.9 Å². The Bertz CT molecular complexity index is 1240. The van der Waals surface area contributed by atoms with Crippen molar-refractivity contribution in [3.63, 3.8) is 0 Å². The number of para-hydroxylation sites is 1. The Morgan fingerprint density at radius 1 is 1.16 bits per heavy atom. The standard InChI is InChI=1S/C23H25ClN4OS.ClH/c1-27(2)11-5-12-28-22(29)19-14-17(24)8-9-21(19)26-23(28)30-13-10-16-15-25-20-7-4-3-6-18(16)20;/h3-4,6-9,14-15,25H,5,10-13H2,1-2H3;1H. The summed E-state index contributed by atoms with van der Waals surface area (Å²) < 4.78 is 1.81. The van der Waals surface area contributed by atoms with Gasteiger partial charge in [0.2, 0.25) is 0 Å². The molecule has 0 spiro atoms.